The van der Waals surface area contributed by atoms with Crippen molar-refractivity contribution in [3.05, 3.63) is 51.7 Å². The molecule has 8 heteroatoms. The Kier molecular flexibility index (Phi) is 6.32. The second-order valence-electron chi connectivity index (χ2n) is 7.96. The number of likely N-dealkylation sites (tertiary alicyclic amines) is 1. The Morgan fingerprint density at radius 3 is 2.37 bits per heavy atom. The van der Waals surface area contributed by atoms with Gasteiger partial charge in [-0.15, -0.1) is 11.3 Å². The summed E-state index contributed by atoms with van der Waals surface area (Å²) in [5.41, 5.74) is 0.0782. The van der Waals surface area contributed by atoms with E-state index < -0.39 is 11.7 Å². The van der Waals surface area contributed by atoms with Gasteiger partial charge in [-0.05, 0) is 43.2 Å². The maximum atomic E-state index is 13.0. The van der Waals surface area contributed by atoms with E-state index in [9.17, 15) is 13.2 Å². The molecule has 1 aromatic heterocycles. The monoisotopic (exact) mass is 434 g/mol. The molecule has 160 valence electrons. The highest BCUT2D eigenvalue weighted by Gasteiger charge is 2.32. The predicted molar refractivity (Wildman–Crippen MR) is 113 cm³/mol. The third kappa shape index (κ3) is 4.97. The van der Waals surface area contributed by atoms with Crippen LogP contribution in [0.4, 0.5) is 18.9 Å². The Balaban J connectivity index is 1.26. The van der Waals surface area contributed by atoms with Gasteiger partial charge in [-0.3, -0.25) is 9.80 Å². The molecule has 0 unspecified atom stereocenters. The second kappa shape index (κ2) is 8.96. The van der Waals surface area contributed by atoms with Gasteiger partial charge in [0.05, 0.1) is 5.56 Å². The molecule has 0 amide bonds. The number of nitrogens with zero attached hydrogens (tertiary/aromatic N) is 4. The van der Waals surface area contributed by atoms with Gasteiger partial charge >= 0.3 is 6.18 Å². The Hall–Kier alpha value is -2.08. The van der Waals surface area contributed by atoms with Crippen molar-refractivity contribution in [2.75, 3.05) is 44.2 Å². The van der Waals surface area contributed by atoms with E-state index in [1.54, 1.807) is 17.4 Å². The molecule has 0 spiro atoms. The lowest BCUT2D eigenvalue weighted by molar-refractivity contribution is -0.137. The van der Waals surface area contributed by atoms with E-state index in [4.69, 9.17) is 5.26 Å². The van der Waals surface area contributed by atoms with E-state index in [2.05, 4.69) is 20.8 Å². The number of nitriles is 1. The molecule has 30 heavy (non-hydrogen) atoms. The fraction of sp³-hybridized carbons (Fsp3) is 0.500. The average Bonchev–Trinajstić information content (AvgIpc) is 3.21. The number of anilines is 1. The second-order valence-corrected chi connectivity index (χ2v) is 9.12. The normalized spacial score (nSPS) is 19.7. The number of benzene rings is 1. The number of thiophene rings is 1. The molecule has 0 atom stereocenters. The van der Waals surface area contributed by atoms with E-state index in [0.29, 0.717) is 11.7 Å². The molecule has 0 bridgehead atoms. The number of rotatable bonds is 4. The highest BCUT2D eigenvalue weighted by Crippen LogP contribution is 2.32. The number of piperidine rings is 1. The van der Waals surface area contributed by atoms with Crippen molar-refractivity contribution in [3.8, 4) is 6.07 Å². The summed E-state index contributed by atoms with van der Waals surface area (Å²) in [7, 11) is 0. The Morgan fingerprint density at radius 1 is 1.00 bits per heavy atom. The summed E-state index contributed by atoms with van der Waals surface area (Å²) in [5.74, 6) is 0. The molecule has 0 saturated carbocycles. The largest absolute Gasteiger partial charge is 0.416 e. The topological polar surface area (TPSA) is 33.5 Å². The minimum atomic E-state index is -4.30. The molecular formula is C22H25F3N4S. The third-order valence-electron chi connectivity index (χ3n) is 6.08. The fourth-order valence-electron chi connectivity index (χ4n) is 4.41. The maximum Gasteiger partial charge on any atom is 0.416 e. The summed E-state index contributed by atoms with van der Waals surface area (Å²) >= 11 is 1.57. The highest BCUT2D eigenvalue weighted by molar-refractivity contribution is 7.12. The van der Waals surface area contributed by atoms with Gasteiger partial charge in [-0.2, -0.15) is 18.4 Å². The predicted octanol–water partition coefficient (Wildman–Crippen LogP) is 4.43. The third-order valence-corrected chi connectivity index (χ3v) is 7.05. The Morgan fingerprint density at radius 2 is 1.73 bits per heavy atom. The van der Waals surface area contributed by atoms with Crippen molar-refractivity contribution < 1.29 is 13.2 Å². The van der Waals surface area contributed by atoms with Gasteiger partial charge in [0, 0.05) is 62.4 Å². The van der Waals surface area contributed by atoms with Gasteiger partial charge in [0.25, 0.3) is 0 Å². The first-order chi connectivity index (χ1) is 14.4. The van der Waals surface area contributed by atoms with Gasteiger partial charge < -0.3 is 4.90 Å². The summed E-state index contributed by atoms with van der Waals surface area (Å²) in [6.07, 6.45) is -2.08. The van der Waals surface area contributed by atoms with Crippen molar-refractivity contribution in [1.82, 2.24) is 9.80 Å². The van der Waals surface area contributed by atoms with Gasteiger partial charge in [-0.1, -0.05) is 6.07 Å². The lowest BCUT2D eigenvalue weighted by Gasteiger charge is -2.43. The van der Waals surface area contributed by atoms with Gasteiger partial charge in [0.1, 0.15) is 10.9 Å². The average molecular weight is 435 g/mol. The maximum absolute atomic E-state index is 13.0. The number of alkyl halides is 3. The first-order valence-electron chi connectivity index (χ1n) is 10.3. The van der Waals surface area contributed by atoms with E-state index in [1.807, 2.05) is 12.1 Å². The Bertz CT molecular complexity index is 888. The first kappa shape index (κ1) is 21.2. The summed E-state index contributed by atoms with van der Waals surface area (Å²) in [4.78, 5) is 9.01. The zero-order valence-electron chi connectivity index (χ0n) is 16.7. The van der Waals surface area contributed by atoms with Crippen LogP contribution in [0.2, 0.25) is 0 Å². The molecule has 2 aliphatic heterocycles. The standard InChI is InChI=1S/C22H25F3N4S/c23-22(24,25)17-2-1-3-19(14-17)29-12-10-28(11-13-29)18-6-8-27(9-7-18)16-21-5-4-20(15-26)30-21/h1-5,14,18H,6-13,16H2. The molecule has 2 fully saturated rings. The van der Waals surface area contributed by atoms with Crippen LogP contribution in [0.15, 0.2) is 36.4 Å². The molecule has 4 nitrogen and oxygen atoms in total. The van der Waals surface area contributed by atoms with E-state index in [0.717, 1.165) is 69.6 Å². The fourth-order valence-corrected chi connectivity index (χ4v) is 5.26. The quantitative estimate of drug-likeness (QED) is 0.713. The van der Waals surface area contributed by atoms with Crippen LogP contribution in [-0.2, 0) is 12.7 Å². The van der Waals surface area contributed by atoms with Gasteiger partial charge in [0.15, 0.2) is 0 Å². The van der Waals surface area contributed by atoms with Crippen LogP contribution in [0.25, 0.3) is 0 Å². The van der Waals surface area contributed by atoms with Crippen LogP contribution in [0, 0.1) is 11.3 Å². The number of piperazine rings is 1. The molecule has 0 radical (unpaired) electrons. The van der Waals surface area contributed by atoms with Crippen LogP contribution in [0.1, 0.15) is 28.2 Å². The van der Waals surface area contributed by atoms with Crippen molar-refractivity contribution in [1.29, 1.82) is 5.26 Å². The lowest BCUT2D eigenvalue weighted by Crippen LogP contribution is -2.53. The van der Waals surface area contributed by atoms with Crippen molar-refractivity contribution in [2.45, 2.75) is 31.6 Å². The van der Waals surface area contributed by atoms with Crippen LogP contribution >= 0.6 is 11.3 Å². The van der Waals surface area contributed by atoms with E-state index in [-0.39, 0.29) is 0 Å². The molecule has 0 N–H and O–H groups in total. The number of hydrogen-bond donors (Lipinski definition) is 0. The summed E-state index contributed by atoms with van der Waals surface area (Å²) in [5, 5.41) is 8.96. The summed E-state index contributed by atoms with van der Waals surface area (Å²) in [6.45, 7) is 6.27. The summed E-state index contributed by atoms with van der Waals surface area (Å²) in [6, 6.07) is 12.3. The van der Waals surface area contributed by atoms with Crippen molar-refractivity contribution in [3.63, 3.8) is 0 Å². The summed E-state index contributed by atoms with van der Waals surface area (Å²) < 4.78 is 39.0. The molecular weight excluding hydrogens is 409 g/mol. The van der Waals surface area contributed by atoms with E-state index in [1.165, 1.54) is 17.0 Å². The van der Waals surface area contributed by atoms with E-state index >= 15 is 0 Å². The van der Waals surface area contributed by atoms with Crippen LogP contribution < -0.4 is 4.90 Å². The molecule has 2 aliphatic rings. The van der Waals surface area contributed by atoms with Crippen molar-refractivity contribution in [2.24, 2.45) is 0 Å². The minimum absolute atomic E-state index is 0.544. The number of halogens is 3. The first-order valence-corrected chi connectivity index (χ1v) is 11.1. The minimum Gasteiger partial charge on any atom is -0.369 e. The zero-order valence-corrected chi connectivity index (χ0v) is 17.6. The molecule has 1 aromatic carbocycles. The SMILES string of the molecule is N#Cc1ccc(CN2CCC(N3CCN(c4cccc(C(F)(F)F)c4)CC3)CC2)s1. The van der Waals surface area contributed by atoms with Crippen molar-refractivity contribution >= 4 is 17.0 Å². The van der Waals surface area contributed by atoms with Crippen LogP contribution in [0.3, 0.4) is 0 Å². The Labute approximate surface area is 179 Å². The molecule has 0 aliphatic carbocycles. The van der Waals surface area contributed by atoms with Crippen LogP contribution in [-0.4, -0.2) is 55.1 Å². The van der Waals surface area contributed by atoms with Gasteiger partial charge in [0.2, 0.25) is 0 Å². The number of hydrogen-bond acceptors (Lipinski definition) is 5. The smallest absolute Gasteiger partial charge is 0.369 e. The van der Waals surface area contributed by atoms with Crippen LogP contribution in [0.5, 0.6) is 0 Å². The molecule has 3 heterocycles. The molecule has 2 saturated heterocycles. The van der Waals surface area contributed by atoms with Gasteiger partial charge in [-0.25, -0.2) is 0 Å². The molecule has 4 rings (SSSR count). The molecule has 2 aromatic rings. The zero-order chi connectivity index (χ0) is 21.1. The highest BCUT2D eigenvalue weighted by atomic mass is 32.1. The lowest BCUT2D eigenvalue weighted by atomic mass is 10.0.